The molecule has 1 amide bonds. The molecular formula is C16H29NO4. The van der Waals surface area contributed by atoms with Crippen LogP contribution in [0.1, 0.15) is 65.7 Å². The molecule has 0 bridgehead atoms. The van der Waals surface area contributed by atoms with Crippen molar-refractivity contribution in [2.24, 2.45) is 5.92 Å². The van der Waals surface area contributed by atoms with Crippen LogP contribution >= 0.6 is 0 Å². The summed E-state index contributed by atoms with van der Waals surface area (Å²) in [7, 11) is 1.39. The highest BCUT2D eigenvalue weighted by Gasteiger charge is 2.27. The Balaban J connectivity index is 2.57. The van der Waals surface area contributed by atoms with Gasteiger partial charge >= 0.3 is 12.1 Å². The molecule has 122 valence electrons. The molecule has 1 N–H and O–H groups in total. The Morgan fingerprint density at radius 1 is 1.19 bits per heavy atom. The van der Waals surface area contributed by atoms with Gasteiger partial charge in [0.2, 0.25) is 0 Å². The lowest BCUT2D eigenvalue weighted by Crippen LogP contribution is -2.43. The topological polar surface area (TPSA) is 64.6 Å². The van der Waals surface area contributed by atoms with E-state index in [-0.39, 0.29) is 12.0 Å². The summed E-state index contributed by atoms with van der Waals surface area (Å²) in [6, 6.07) is -0.0146. The lowest BCUT2D eigenvalue weighted by Gasteiger charge is -2.31. The Kier molecular flexibility index (Phi) is 6.99. The van der Waals surface area contributed by atoms with Gasteiger partial charge < -0.3 is 14.8 Å². The average molecular weight is 299 g/mol. The number of carbonyl (C=O) groups is 2. The predicted octanol–water partition coefficient (Wildman–Crippen LogP) is 3.41. The molecule has 21 heavy (non-hydrogen) atoms. The van der Waals surface area contributed by atoms with Crippen LogP contribution in [0, 0.1) is 5.92 Å². The van der Waals surface area contributed by atoms with Crippen molar-refractivity contribution in [2.75, 3.05) is 7.11 Å². The van der Waals surface area contributed by atoms with Gasteiger partial charge in [0, 0.05) is 12.5 Å². The number of esters is 1. The van der Waals surface area contributed by atoms with E-state index in [0.29, 0.717) is 18.8 Å². The minimum Gasteiger partial charge on any atom is -0.469 e. The lowest BCUT2D eigenvalue weighted by molar-refractivity contribution is -0.140. The molecule has 1 rings (SSSR count). The van der Waals surface area contributed by atoms with E-state index in [9.17, 15) is 9.59 Å². The first-order valence-electron chi connectivity index (χ1n) is 7.88. The van der Waals surface area contributed by atoms with Crippen LogP contribution in [-0.2, 0) is 14.3 Å². The Bertz CT molecular complexity index is 343. The second-order valence-electron chi connectivity index (χ2n) is 6.77. The molecule has 1 fully saturated rings. The number of amides is 1. The van der Waals surface area contributed by atoms with Crippen molar-refractivity contribution in [3.63, 3.8) is 0 Å². The molecule has 0 aromatic rings. The minimum absolute atomic E-state index is 0.0146. The van der Waals surface area contributed by atoms with E-state index >= 15 is 0 Å². The van der Waals surface area contributed by atoms with Crippen molar-refractivity contribution >= 4 is 12.1 Å². The Morgan fingerprint density at radius 2 is 1.81 bits per heavy atom. The standard InChI is InChI=1S/C16H29NO4/c1-16(2,3)21-15(19)17-13(10-11-14(18)20-4)12-8-6-5-7-9-12/h12-13H,5-11H2,1-4H3,(H,17,19). The molecule has 1 aliphatic carbocycles. The zero-order chi connectivity index (χ0) is 15.9. The van der Waals surface area contributed by atoms with Crippen LogP contribution in [-0.4, -0.2) is 30.8 Å². The van der Waals surface area contributed by atoms with Crippen molar-refractivity contribution in [1.29, 1.82) is 0 Å². The molecule has 1 atom stereocenters. The highest BCUT2D eigenvalue weighted by atomic mass is 16.6. The molecule has 1 unspecified atom stereocenters. The number of hydrogen-bond acceptors (Lipinski definition) is 4. The van der Waals surface area contributed by atoms with E-state index in [1.807, 2.05) is 20.8 Å². The number of methoxy groups -OCH3 is 1. The van der Waals surface area contributed by atoms with Crippen molar-refractivity contribution in [2.45, 2.75) is 77.4 Å². The smallest absolute Gasteiger partial charge is 0.407 e. The monoisotopic (exact) mass is 299 g/mol. The zero-order valence-corrected chi connectivity index (χ0v) is 13.7. The summed E-state index contributed by atoms with van der Waals surface area (Å²) in [4.78, 5) is 23.3. The Morgan fingerprint density at radius 3 is 2.33 bits per heavy atom. The fraction of sp³-hybridized carbons (Fsp3) is 0.875. The number of alkyl carbamates (subject to hydrolysis) is 1. The molecule has 0 aromatic heterocycles. The van der Waals surface area contributed by atoms with Gasteiger partial charge in [-0.05, 0) is 46.0 Å². The predicted molar refractivity (Wildman–Crippen MR) is 81.0 cm³/mol. The van der Waals surface area contributed by atoms with Gasteiger partial charge in [-0.15, -0.1) is 0 Å². The molecule has 0 spiro atoms. The third-order valence-electron chi connectivity index (χ3n) is 3.81. The molecule has 5 heteroatoms. The first kappa shape index (κ1) is 17.8. The van der Waals surface area contributed by atoms with Gasteiger partial charge in [0.05, 0.1) is 7.11 Å². The fourth-order valence-corrected chi connectivity index (χ4v) is 2.80. The normalized spacial score (nSPS) is 17.9. The fourth-order valence-electron chi connectivity index (χ4n) is 2.80. The molecule has 0 aliphatic heterocycles. The highest BCUT2D eigenvalue weighted by molar-refractivity contribution is 5.70. The van der Waals surface area contributed by atoms with Gasteiger partial charge in [0.25, 0.3) is 0 Å². The molecule has 0 aromatic carbocycles. The van der Waals surface area contributed by atoms with Crippen LogP contribution in [0.3, 0.4) is 0 Å². The maximum Gasteiger partial charge on any atom is 0.407 e. The zero-order valence-electron chi connectivity index (χ0n) is 13.7. The van der Waals surface area contributed by atoms with E-state index in [0.717, 1.165) is 12.8 Å². The summed E-state index contributed by atoms with van der Waals surface area (Å²) in [5, 5.41) is 2.95. The molecule has 0 saturated heterocycles. The minimum atomic E-state index is -0.510. The molecule has 0 heterocycles. The first-order valence-corrected chi connectivity index (χ1v) is 7.88. The SMILES string of the molecule is COC(=O)CCC(NC(=O)OC(C)(C)C)C1CCCCC1. The van der Waals surface area contributed by atoms with Crippen molar-refractivity contribution in [3.05, 3.63) is 0 Å². The summed E-state index contributed by atoms with van der Waals surface area (Å²) in [6.45, 7) is 5.53. The second-order valence-corrected chi connectivity index (χ2v) is 6.77. The van der Waals surface area contributed by atoms with E-state index in [2.05, 4.69) is 5.32 Å². The largest absolute Gasteiger partial charge is 0.469 e. The van der Waals surface area contributed by atoms with Gasteiger partial charge in [0.1, 0.15) is 5.60 Å². The Hall–Kier alpha value is -1.26. The van der Waals surface area contributed by atoms with E-state index in [1.165, 1.54) is 26.4 Å². The maximum atomic E-state index is 12.0. The number of carbonyl (C=O) groups excluding carboxylic acids is 2. The number of nitrogens with one attached hydrogen (secondary N) is 1. The van der Waals surface area contributed by atoms with Gasteiger partial charge in [-0.25, -0.2) is 4.79 Å². The third kappa shape index (κ3) is 7.34. The highest BCUT2D eigenvalue weighted by Crippen LogP contribution is 2.28. The van der Waals surface area contributed by atoms with Crippen LogP contribution in [0.5, 0.6) is 0 Å². The second kappa shape index (κ2) is 8.25. The number of hydrogen-bond donors (Lipinski definition) is 1. The Labute approximate surface area is 127 Å². The van der Waals surface area contributed by atoms with E-state index in [4.69, 9.17) is 9.47 Å². The van der Waals surface area contributed by atoms with Gasteiger partial charge in [0.15, 0.2) is 0 Å². The molecule has 1 saturated carbocycles. The number of rotatable bonds is 5. The van der Waals surface area contributed by atoms with Crippen LogP contribution in [0.2, 0.25) is 0 Å². The summed E-state index contributed by atoms with van der Waals surface area (Å²) >= 11 is 0. The molecule has 1 aliphatic rings. The van der Waals surface area contributed by atoms with Crippen LogP contribution < -0.4 is 5.32 Å². The van der Waals surface area contributed by atoms with Crippen molar-refractivity contribution < 1.29 is 19.1 Å². The molecule has 0 radical (unpaired) electrons. The van der Waals surface area contributed by atoms with Gasteiger partial charge in [-0.2, -0.15) is 0 Å². The van der Waals surface area contributed by atoms with Crippen LogP contribution in [0.15, 0.2) is 0 Å². The van der Waals surface area contributed by atoms with Gasteiger partial charge in [-0.1, -0.05) is 19.3 Å². The average Bonchev–Trinajstić information content (AvgIpc) is 2.42. The van der Waals surface area contributed by atoms with Gasteiger partial charge in [-0.3, -0.25) is 4.79 Å². The maximum absolute atomic E-state index is 12.0. The summed E-state index contributed by atoms with van der Waals surface area (Å²) < 4.78 is 10.0. The van der Waals surface area contributed by atoms with Crippen LogP contribution in [0.25, 0.3) is 0 Å². The molecule has 5 nitrogen and oxygen atoms in total. The molecular weight excluding hydrogens is 270 g/mol. The van der Waals surface area contributed by atoms with E-state index in [1.54, 1.807) is 0 Å². The van der Waals surface area contributed by atoms with Crippen LogP contribution in [0.4, 0.5) is 4.79 Å². The lowest BCUT2D eigenvalue weighted by atomic mass is 9.82. The summed E-state index contributed by atoms with van der Waals surface area (Å²) in [5.74, 6) is 0.192. The number of ether oxygens (including phenoxy) is 2. The quantitative estimate of drug-likeness (QED) is 0.790. The van der Waals surface area contributed by atoms with E-state index < -0.39 is 11.7 Å². The summed E-state index contributed by atoms with van der Waals surface area (Å²) in [6.07, 6.45) is 6.37. The first-order chi connectivity index (χ1) is 9.81. The summed E-state index contributed by atoms with van der Waals surface area (Å²) in [5.41, 5.74) is -0.510. The third-order valence-corrected chi connectivity index (χ3v) is 3.81. The van der Waals surface area contributed by atoms with Crippen molar-refractivity contribution in [1.82, 2.24) is 5.32 Å². The van der Waals surface area contributed by atoms with Crippen molar-refractivity contribution in [3.8, 4) is 0 Å².